The maximum atomic E-state index is 12.2. The average molecular weight is 337 g/mol. The number of amides is 2. The largest absolute Gasteiger partial charge is 0.433 e. The highest BCUT2D eigenvalue weighted by Crippen LogP contribution is 2.29. The molecular weight excluding hydrogens is 318 g/mol. The molecule has 0 spiro atoms. The van der Waals surface area contributed by atoms with E-state index in [1.54, 1.807) is 0 Å². The maximum Gasteiger partial charge on any atom is 0.387 e. The Morgan fingerprint density at radius 1 is 1.45 bits per heavy atom. The molecule has 0 saturated heterocycles. The maximum absolute atomic E-state index is 12.2. The van der Waals surface area contributed by atoms with Crippen molar-refractivity contribution in [1.29, 1.82) is 0 Å². The van der Waals surface area contributed by atoms with Gasteiger partial charge in [-0.15, -0.1) is 0 Å². The van der Waals surface area contributed by atoms with Crippen LogP contribution in [0.1, 0.15) is 20.3 Å². The summed E-state index contributed by atoms with van der Waals surface area (Å²) in [5.74, 6) is -0.213. The number of carbonyl (C=O) groups excluding carboxylic acids is 1. The van der Waals surface area contributed by atoms with Gasteiger partial charge in [0.05, 0.1) is 5.02 Å². The zero-order chi connectivity index (χ0) is 16.8. The lowest BCUT2D eigenvalue weighted by atomic mass is 9.90. The Bertz CT molecular complexity index is 513. The minimum absolute atomic E-state index is 0.0235. The first kappa shape index (κ1) is 18.4. The minimum atomic E-state index is -3.00. The number of hydrogen-bond donors (Lipinski definition) is 3. The smallest absolute Gasteiger partial charge is 0.387 e. The van der Waals surface area contributed by atoms with Crippen LogP contribution in [0.2, 0.25) is 5.02 Å². The second-order valence-electron chi connectivity index (χ2n) is 5.47. The van der Waals surface area contributed by atoms with E-state index in [-0.39, 0.29) is 28.5 Å². The van der Waals surface area contributed by atoms with Crippen LogP contribution in [0.3, 0.4) is 0 Å². The molecule has 2 amide bonds. The molecule has 0 fully saturated rings. The molecule has 1 aromatic carbocycles. The number of aliphatic hydroxyl groups is 1. The summed E-state index contributed by atoms with van der Waals surface area (Å²) < 4.78 is 28.7. The lowest BCUT2D eigenvalue weighted by molar-refractivity contribution is -0.0497. The van der Waals surface area contributed by atoms with Crippen molar-refractivity contribution in [2.45, 2.75) is 26.9 Å². The van der Waals surface area contributed by atoms with Crippen molar-refractivity contribution in [1.82, 2.24) is 5.32 Å². The van der Waals surface area contributed by atoms with Crippen LogP contribution in [0.4, 0.5) is 19.3 Å². The van der Waals surface area contributed by atoms with Gasteiger partial charge in [-0.3, -0.25) is 0 Å². The van der Waals surface area contributed by atoms with Crippen molar-refractivity contribution in [2.75, 3.05) is 18.5 Å². The lowest BCUT2D eigenvalue weighted by Gasteiger charge is -2.23. The lowest BCUT2D eigenvalue weighted by Crippen LogP contribution is -2.37. The fourth-order valence-corrected chi connectivity index (χ4v) is 1.82. The van der Waals surface area contributed by atoms with Crippen LogP contribution < -0.4 is 15.4 Å². The molecule has 5 nitrogen and oxygen atoms in total. The Balaban J connectivity index is 2.61. The van der Waals surface area contributed by atoms with Crippen LogP contribution in [0, 0.1) is 5.41 Å². The highest BCUT2D eigenvalue weighted by atomic mass is 35.5. The van der Waals surface area contributed by atoms with Gasteiger partial charge < -0.3 is 20.5 Å². The molecule has 0 unspecified atom stereocenters. The van der Waals surface area contributed by atoms with Crippen LogP contribution in [0.25, 0.3) is 0 Å². The van der Waals surface area contributed by atoms with Crippen molar-refractivity contribution in [3.05, 3.63) is 23.2 Å². The summed E-state index contributed by atoms with van der Waals surface area (Å²) in [6, 6.07) is 3.55. The Morgan fingerprint density at radius 3 is 2.73 bits per heavy atom. The number of hydrogen-bond acceptors (Lipinski definition) is 3. The zero-order valence-corrected chi connectivity index (χ0v) is 13.1. The highest BCUT2D eigenvalue weighted by molar-refractivity contribution is 6.32. The summed E-state index contributed by atoms with van der Waals surface area (Å²) in [5, 5.41) is 14.1. The molecule has 124 valence electrons. The molecule has 0 aliphatic carbocycles. The van der Waals surface area contributed by atoms with Crippen LogP contribution in [-0.4, -0.2) is 30.9 Å². The summed E-state index contributed by atoms with van der Waals surface area (Å²) in [6.07, 6.45) is 0.542. The molecule has 1 aromatic rings. The van der Waals surface area contributed by atoms with Crippen LogP contribution in [-0.2, 0) is 0 Å². The van der Waals surface area contributed by atoms with E-state index < -0.39 is 12.6 Å². The van der Waals surface area contributed by atoms with Gasteiger partial charge >= 0.3 is 12.6 Å². The number of carbonyl (C=O) groups is 1. The molecule has 0 radical (unpaired) electrons. The number of ether oxygens (including phenoxy) is 1. The van der Waals surface area contributed by atoms with E-state index in [2.05, 4.69) is 15.4 Å². The predicted octanol–water partition coefficient (Wildman–Crippen LogP) is 3.47. The van der Waals surface area contributed by atoms with E-state index in [1.165, 1.54) is 18.2 Å². The molecule has 22 heavy (non-hydrogen) atoms. The third-order valence-electron chi connectivity index (χ3n) is 2.92. The Labute approximate surface area is 132 Å². The first-order valence-corrected chi connectivity index (χ1v) is 7.01. The number of alkyl halides is 2. The summed E-state index contributed by atoms with van der Waals surface area (Å²) in [4.78, 5) is 11.8. The summed E-state index contributed by atoms with van der Waals surface area (Å²) >= 11 is 5.72. The zero-order valence-electron chi connectivity index (χ0n) is 12.3. The van der Waals surface area contributed by atoms with Crippen LogP contribution >= 0.6 is 11.6 Å². The molecule has 0 aliphatic heterocycles. The second kappa shape index (κ2) is 8.14. The van der Waals surface area contributed by atoms with Gasteiger partial charge in [0.1, 0.15) is 5.75 Å². The minimum Gasteiger partial charge on any atom is -0.433 e. The number of nitrogens with one attached hydrogen (secondary N) is 2. The van der Waals surface area contributed by atoms with Gasteiger partial charge in [-0.2, -0.15) is 8.78 Å². The van der Waals surface area contributed by atoms with Crippen LogP contribution in [0.5, 0.6) is 5.75 Å². The number of halogens is 3. The third kappa shape index (κ3) is 6.44. The molecule has 0 aromatic heterocycles. The van der Waals surface area contributed by atoms with Gasteiger partial charge in [-0.1, -0.05) is 25.4 Å². The van der Waals surface area contributed by atoms with Crippen molar-refractivity contribution < 1.29 is 23.4 Å². The fourth-order valence-electron chi connectivity index (χ4n) is 1.65. The van der Waals surface area contributed by atoms with Gasteiger partial charge in [0.15, 0.2) is 0 Å². The number of aliphatic hydroxyl groups excluding tert-OH is 1. The first-order chi connectivity index (χ1) is 10.2. The molecular formula is C14H19ClF2N2O3. The van der Waals surface area contributed by atoms with Crippen LogP contribution in [0.15, 0.2) is 18.2 Å². The SMILES string of the molecule is CC(C)(CCO)CNC(=O)Nc1ccc(Cl)c(OC(F)F)c1. The number of benzene rings is 1. The molecule has 3 N–H and O–H groups in total. The van der Waals surface area contributed by atoms with E-state index in [9.17, 15) is 13.6 Å². The first-order valence-electron chi connectivity index (χ1n) is 6.63. The molecule has 0 saturated carbocycles. The van der Waals surface area contributed by atoms with E-state index in [4.69, 9.17) is 16.7 Å². The third-order valence-corrected chi connectivity index (χ3v) is 3.23. The topological polar surface area (TPSA) is 70.6 Å². The second-order valence-corrected chi connectivity index (χ2v) is 5.88. The van der Waals surface area contributed by atoms with Crippen molar-refractivity contribution in [2.24, 2.45) is 5.41 Å². The molecule has 0 bridgehead atoms. The van der Waals surface area contributed by atoms with E-state index >= 15 is 0 Å². The summed E-state index contributed by atoms with van der Waals surface area (Å²) in [5.41, 5.74) is 0.0215. The Morgan fingerprint density at radius 2 is 2.14 bits per heavy atom. The monoisotopic (exact) mass is 336 g/mol. The van der Waals surface area contributed by atoms with Gasteiger partial charge in [-0.25, -0.2) is 4.79 Å². The fraction of sp³-hybridized carbons (Fsp3) is 0.500. The van der Waals surface area contributed by atoms with Crippen molar-refractivity contribution in [3.63, 3.8) is 0 Å². The predicted molar refractivity (Wildman–Crippen MR) is 80.6 cm³/mol. The van der Waals surface area contributed by atoms with Gasteiger partial charge in [-0.05, 0) is 24.0 Å². The average Bonchev–Trinajstić information content (AvgIpc) is 2.40. The summed E-state index contributed by atoms with van der Waals surface area (Å²) in [6.45, 7) is 1.19. The van der Waals surface area contributed by atoms with E-state index in [0.717, 1.165) is 0 Å². The molecule has 8 heteroatoms. The number of rotatable bonds is 7. The molecule has 0 atom stereocenters. The Kier molecular flexibility index (Phi) is 6.83. The van der Waals surface area contributed by atoms with Crippen molar-refractivity contribution in [3.8, 4) is 5.75 Å². The number of urea groups is 1. The highest BCUT2D eigenvalue weighted by Gasteiger charge is 2.18. The van der Waals surface area contributed by atoms with E-state index in [1.807, 2.05) is 13.8 Å². The molecule has 1 rings (SSSR count). The van der Waals surface area contributed by atoms with E-state index in [0.29, 0.717) is 13.0 Å². The quantitative estimate of drug-likeness (QED) is 0.714. The number of anilines is 1. The Hall–Kier alpha value is -1.60. The van der Waals surface area contributed by atoms with Crippen molar-refractivity contribution >= 4 is 23.3 Å². The standard InChI is InChI=1S/C14H19ClF2N2O3/c1-14(2,5-6-20)8-18-13(21)19-9-3-4-10(15)11(7-9)22-12(16)17/h3-4,7,12,20H,5-6,8H2,1-2H3,(H2,18,19,21). The van der Waals surface area contributed by atoms with Gasteiger partial charge in [0, 0.05) is 24.9 Å². The normalized spacial score (nSPS) is 11.4. The molecule has 0 heterocycles. The van der Waals surface area contributed by atoms with Gasteiger partial charge in [0.2, 0.25) is 0 Å². The molecule has 0 aliphatic rings. The summed E-state index contributed by atoms with van der Waals surface area (Å²) in [7, 11) is 0. The van der Waals surface area contributed by atoms with Gasteiger partial charge in [0.25, 0.3) is 0 Å².